The van der Waals surface area contributed by atoms with E-state index in [1.54, 1.807) is 12.3 Å². The molecule has 2 aromatic carbocycles. The molecule has 0 saturated heterocycles. The Balaban J connectivity index is 1.54. The van der Waals surface area contributed by atoms with Crippen molar-refractivity contribution in [1.29, 1.82) is 0 Å². The van der Waals surface area contributed by atoms with Crippen LogP contribution in [-0.4, -0.2) is 53.2 Å². The van der Waals surface area contributed by atoms with Crippen molar-refractivity contribution < 1.29 is 17.6 Å². The van der Waals surface area contributed by atoms with E-state index in [0.717, 1.165) is 26.8 Å². The first-order chi connectivity index (χ1) is 17.2. The molecule has 0 bridgehead atoms. The van der Waals surface area contributed by atoms with Crippen molar-refractivity contribution in [1.82, 2.24) is 19.1 Å². The lowest BCUT2D eigenvalue weighted by Gasteiger charge is -2.14. The van der Waals surface area contributed by atoms with Crippen LogP contribution in [0.5, 0.6) is 0 Å². The number of benzene rings is 2. The topological polar surface area (TPSA) is 110 Å². The summed E-state index contributed by atoms with van der Waals surface area (Å²) in [6, 6.07) is 16.5. The summed E-state index contributed by atoms with van der Waals surface area (Å²) < 4.78 is 33.5. The third-order valence-corrected chi connectivity index (χ3v) is 8.37. The Morgan fingerprint density at radius 3 is 2.50 bits per heavy atom. The molecule has 0 fully saturated rings. The average Bonchev–Trinajstić information content (AvgIpc) is 3.45. The molecule has 1 N–H and O–H groups in total. The fourth-order valence-corrected chi connectivity index (χ4v) is 5.21. The molecule has 0 aliphatic rings. The minimum Gasteiger partial charge on any atom is -0.469 e. The SMILES string of the molecule is Cc1ccc(S(=O)(=O)N(C)C)cc1NC(=O)CSc1nnc(-c2ccoc2C)n1Cc1ccccc1. The molecule has 4 aromatic rings. The summed E-state index contributed by atoms with van der Waals surface area (Å²) in [5.74, 6) is 1.18. The van der Waals surface area contributed by atoms with Gasteiger partial charge in [-0.3, -0.25) is 9.36 Å². The van der Waals surface area contributed by atoms with Gasteiger partial charge < -0.3 is 9.73 Å². The van der Waals surface area contributed by atoms with Gasteiger partial charge in [0.2, 0.25) is 15.9 Å². The summed E-state index contributed by atoms with van der Waals surface area (Å²) in [6.45, 7) is 4.20. The normalized spacial score (nSPS) is 11.7. The van der Waals surface area contributed by atoms with Gasteiger partial charge in [0, 0.05) is 19.8 Å². The maximum Gasteiger partial charge on any atom is 0.242 e. The third-order valence-electron chi connectivity index (χ3n) is 5.59. The number of amides is 1. The Morgan fingerprint density at radius 1 is 1.08 bits per heavy atom. The molecule has 0 saturated carbocycles. The zero-order valence-corrected chi connectivity index (χ0v) is 22.1. The van der Waals surface area contributed by atoms with Crippen LogP contribution >= 0.6 is 11.8 Å². The number of carbonyl (C=O) groups is 1. The van der Waals surface area contributed by atoms with Gasteiger partial charge in [0.1, 0.15) is 5.76 Å². The average molecular weight is 526 g/mol. The molecule has 0 aliphatic carbocycles. The molecule has 2 heterocycles. The lowest BCUT2D eigenvalue weighted by molar-refractivity contribution is -0.113. The zero-order valence-electron chi connectivity index (χ0n) is 20.4. The Bertz CT molecular complexity index is 1480. The molecule has 188 valence electrons. The van der Waals surface area contributed by atoms with Gasteiger partial charge >= 0.3 is 0 Å². The van der Waals surface area contributed by atoms with Crippen molar-refractivity contribution in [2.45, 2.75) is 30.4 Å². The first kappa shape index (κ1) is 25.7. The number of sulfonamides is 1. The first-order valence-electron chi connectivity index (χ1n) is 11.1. The lowest BCUT2D eigenvalue weighted by atomic mass is 10.2. The van der Waals surface area contributed by atoms with Crippen molar-refractivity contribution >= 4 is 33.4 Å². The quantitative estimate of drug-likeness (QED) is 0.326. The van der Waals surface area contributed by atoms with Gasteiger partial charge in [-0.25, -0.2) is 12.7 Å². The molecule has 0 aliphatic heterocycles. The van der Waals surface area contributed by atoms with E-state index in [1.165, 1.54) is 38.0 Å². The number of carbonyl (C=O) groups excluding carboxylic acids is 1. The van der Waals surface area contributed by atoms with Crippen molar-refractivity contribution in [3.63, 3.8) is 0 Å². The van der Waals surface area contributed by atoms with Gasteiger partial charge in [-0.2, -0.15) is 0 Å². The fourth-order valence-electron chi connectivity index (χ4n) is 3.54. The molecular formula is C25H27N5O4S2. The van der Waals surface area contributed by atoms with Gasteiger partial charge in [0.05, 0.1) is 29.0 Å². The summed E-state index contributed by atoms with van der Waals surface area (Å²) in [6.07, 6.45) is 1.61. The molecule has 9 nitrogen and oxygen atoms in total. The van der Waals surface area contributed by atoms with Gasteiger partial charge in [0.25, 0.3) is 0 Å². The highest BCUT2D eigenvalue weighted by molar-refractivity contribution is 7.99. The number of nitrogens with one attached hydrogen (secondary N) is 1. The van der Waals surface area contributed by atoms with Crippen molar-refractivity contribution in [2.24, 2.45) is 0 Å². The van der Waals surface area contributed by atoms with Crippen molar-refractivity contribution in [3.05, 3.63) is 77.7 Å². The predicted molar refractivity (Wildman–Crippen MR) is 139 cm³/mol. The highest BCUT2D eigenvalue weighted by atomic mass is 32.2. The van der Waals surface area contributed by atoms with Crippen LogP contribution in [0, 0.1) is 13.8 Å². The van der Waals surface area contributed by atoms with Crippen molar-refractivity contribution in [2.75, 3.05) is 25.2 Å². The number of furan rings is 1. The zero-order chi connectivity index (χ0) is 25.9. The second kappa shape index (κ2) is 10.7. The Morgan fingerprint density at radius 2 is 1.83 bits per heavy atom. The van der Waals surface area contributed by atoms with Crippen LogP contribution in [0.1, 0.15) is 16.9 Å². The van der Waals surface area contributed by atoms with Crippen LogP contribution in [0.25, 0.3) is 11.4 Å². The second-order valence-electron chi connectivity index (χ2n) is 8.37. The fraction of sp³-hybridized carbons (Fsp3) is 0.240. The summed E-state index contributed by atoms with van der Waals surface area (Å²) in [5, 5.41) is 12.1. The van der Waals surface area contributed by atoms with Crippen molar-refractivity contribution in [3.8, 4) is 11.4 Å². The summed E-state index contributed by atoms with van der Waals surface area (Å²) in [7, 11) is -0.683. The molecule has 1 amide bonds. The van der Waals surface area contributed by atoms with Crippen LogP contribution < -0.4 is 5.32 Å². The summed E-state index contributed by atoms with van der Waals surface area (Å²) >= 11 is 1.26. The number of thioether (sulfide) groups is 1. The first-order valence-corrected chi connectivity index (χ1v) is 13.6. The monoisotopic (exact) mass is 525 g/mol. The smallest absolute Gasteiger partial charge is 0.242 e. The van der Waals surface area contributed by atoms with Crippen LogP contribution in [0.4, 0.5) is 5.69 Å². The molecule has 0 spiro atoms. The molecule has 0 unspecified atom stereocenters. The summed E-state index contributed by atoms with van der Waals surface area (Å²) in [4.78, 5) is 12.9. The highest BCUT2D eigenvalue weighted by Gasteiger charge is 2.21. The second-order valence-corrected chi connectivity index (χ2v) is 11.5. The Hall–Kier alpha value is -3.41. The van der Waals surface area contributed by atoms with E-state index in [0.29, 0.717) is 23.2 Å². The third kappa shape index (κ3) is 5.53. The van der Waals surface area contributed by atoms with E-state index >= 15 is 0 Å². The van der Waals surface area contributed by atoms with Gasteiger partial charge in [0.15, 0.2) is 11.0 Å². The number of aromatic nitrogens is 3. The number of anilines is 1. The maximum absolute atomic E-state index is 12.8. The number of aryl methyl sites for hydroxylation is 2. The number of hydrogen-bond donors (Lipinski definition) is 1. The van der Waals surface area contributed by atoms with E-state index in [2.05, 4.69) is 15.5 Å². The van der Waals surface area contributed by atoms with E-state index in [4.69, 9.17) is 4.42 Å². The Kier molecular flexibility index (Phi) is 7.62. The van der Waals surface area contributed by atoms with Crippen LogP contribution in [0.3, 0.4) is 0 Å². The van der Waals surface area contributed by atoms with E-state index in [1.807, 2.05) is 54.8 Å². The predicted octanol–water partition coefficient (Wildman–Crippen LogP) is 4.18. The molecule has 11 heteroatoms. The van der Waals surface area contributed by atoms with Gasteiger partial charge in [-0.15, -0.1) is 10.2 Å². The van der Waals surface area contributed by atoms with E-state index in [9.17, 15) is 13.2 Å². The van der Waals surface area contributed by atoms with Gasteiger partial charge in [-0.05, 0) is 43.2 Å². The number of nitrogens with zero attached hydrogens (tertiary/aromatic N) is 4. The van der Waals surface area contributed by atoms with E-state index in [-0.39, 0.29) is 16.6 Å². The lowest BCUT2D eigenvalue weighted by Crippen LogP contribution is -2.22. The molecular weight excluding hydrogens is 498 g/mol. The minimum atomic E-state index is -3.62. The summed E-state index contributed by atoms with van der Waals surface area (Å²) in [5.41, 5.74) is 3.12. The highest BCUT2D eigenvalue weighted by Crippen LogP contribution is 2.28. The molecule has 4 rings (SSSR count). The molecule has 0 radical (unpaired) electrons. The van der Waals surface area contributed by atoms with Gasteiger partial charge in [-0.1, -0.05) is 48.2 Å². The number of hydrogen-bond acceptors (Lipinski definition) is 7. The maximum atomic E-state index is 12.8. The minimum absolute atomic E-state index is 0.0708. The van der Waals surface area contributed by atoms with E-state index < -0.39 is 10.0 Å². The number of rotatable bonds is 9. The Labute approximate surface area is 214 Å². The largest absolute Gasteiger partial charge is 0.469 e. The van der Waals surface area contributed by atoms with Crippen LogP contribution in [-0.2, 0) is 21.4 Å². The van der Waals surface area contributed by atoms with Crippen LogP contribution in [0.2, 0.25) is 0 Å². The molecule has 0 atom stereocenters. The standard InChI is InChI=1S/C25H27N5O4S2/c1-17-10-11-20(36(32,33)29(3)4)14-22(17)26-23(31)16-35-25-28-27-24(21-12-13-34-18(21)2)30(25)15-19-8-6-5-7-9-19/h5-14H,15-16H2,1-4H3,(H,26,31). The van der Waals surface area contributed by atoms with Crippen LogP contribution in [0.15, 0.2) is 75.3 Å². The molecule has 36 heavy (non-hydrogen) atoms. The molecule has 2 aromatic heterocycles.